The highest BCUT2D eigenvalue weighted by atomic mass is 32.3. The van der Waals surface area contributed by atoms with Gasteiger partial charge in [0.1, 0.15) is 0 Å². The highest BCUT2D eigenvalue weighted by Crippen LogP contribution is 2.17. The molecule has 0 aromatic carbocycles. The summed E-state index contributed by atoms with van der Waals surface area (Å²) in [4.78, 5) is 10.7. The third-order valence-electron chi connectivity index (χ3n) is 2.12. The maximum absolute atomic E-state index is 11.5. The molecule has 0 aromatic heterocycles. The van der Waals surface area contributed by atoms with Crippen molar-refractivity contribution in [3.8, 4) is 0 Å². The van der Waals surface area contributed by atoms with Crippen molar-refractivity contribution in [2.75, 3.05) is 12.5 Å². The van der Waals surface area contributed by atoms with Crippen LogP contribution in [0.25, 0.3) is 0 Å². The van der Waals surface area contributed by atoms with E-state index in [0.717, 1.165) is 18.6 Å². The molecular weight excluding hydrogens is 282 g/mol. The van der Waals surface area contributed by atoms with E-state index in [-0.39, 0.29) is 12.0 Å². The summed E-state index contributed by atoms with van der Waals surface area (Å²) in [7, 11) is -7.99. The first-order valence-corrected chi connectivity index (χ1v) is 8.72. The summed E-state index contributed by atoms with van der Waals surface area (Å²) in [5.74, 6) is -1.23. The molecule has 0 bridgehead atoms. The van der Waals surface area contributed by atoms with Crippen molar-refractivity contribution in [2.45, 2.75) is 26.3 Å². The lowest BCUT2D eigenvalue weighted by atomic mass is 10.1. The number of carboxylic acids is 1. The van der Waals surface area contributed by atoms with E-state index in [1.807, 2.05) is 0 Å². The topological polar surface area (TPSA) is 109 Å². The average molecular weight is 299 g/mol. The molecule has 0 aliphatic heterocycles. The fourth-order valence-corrected chi connectivity index (χ4v) is 4.80. The van der Waals surface area contributed by atoms with Crippen molar-refractivity contribution in [3.05, 3.63) is 11.6 Å². The van der Waals surface area contributed by atoms with Crippen LogP contribution < -0.4 is 0 Å². The van der Waals surface area contributed by atoms with Crippen LogP contribution in [0.4, 0.5) is 0 Å². The Morgan fingerprint density at radius 2 is 1.61 bits per heavy atom. The Bertz CT molecular complexity index is 514. The predicted octanol–water partition coefficient (Wildman–Crippen LogP) is 0.0171. The third-order valence-corrected chi connectivity index (χ3v) is 5.60. The van der Waals surface area contributed by atoms with E-state index >= 15 is 0 Å². The van der Waals surface area contributed by atoms with Crippen LogP contribution in [0.3, 0.4) is 0 Å². The van der Waals surface area contributed by atoms with Gasteiger partial charge < -0.3 is 5.11 Å². The number of rotatable bonds is 6. The summed E-state index contributed by atoms with van der Waals surface area (Å²) in [5, 5.41) is 8.73. The van der Waals surface area contributed by atoms with Gasteiger partial charge in [-0.2, -0.15) is 0 Å². The summed E-state index contributed by atoms with van der Waals surface area (Å²) < 4.78 is 46.3. The minimum absolute atomic E-state index is 0.112. The van der Waals surface area contributed by atoms with Crippen molar-refractivity contribution in [1.29, 1.82) is 0 Å². The Morgan fingerprint density at radius 1 is 1.22 bits per heavy atom. The van der Waals surface area contributed by atoms with Gasteiger partial charge in [0.05, 0.1) is 18.6 Å². The molecule has 1 atom stereocenters. The minimum atomic E-state index is -4.00. The van der Waals surface area contributed by atoms with E-state index in [9.17, 15) is 21.6 Å². The van der Waals surface area contributed by atoms with Crippen molar-refractivity contribution in [1.82, 2.24) is 3.71 Å². The van der Waals surface area contributed by atoms with E-state index < -0.39 is 32.1 Å². The van der Waals surface area contributed by atoms with Crippen molar-refractivity contribution in [3.63, 3.8) is 0 Å². The highest BCUT2D eigenvalue weighted by Gasteiger charge is 2.33. The monoisotopic (exact) mass is 299 g/mol. The van der Waals surface area contributed by atoms with Crippen molar-refractivity contribution in [2.24, 2.45) is 0 Å². The summed E-state index contributed by atoms with van der Waals surface area (Å²) in [6.45, 7) is 2.84. The first-order chi connectivity index (χ1) is 7.91. The maximum Gasteiger partial charge on any atom is 0.331 e. The zero-order valence-electron chi connectivity index (χ0n) is 10.6. The average Bonchev–Trinajstić information content (AvgIpc) is 2.11. The molecule has 0 rings (SSSR count). The summed E-state index contributed by atoms with van der Waals surface area (Å²) in [5.41, 5.74) is -0.112. The maximum atomic E-state index is 11.5. The molecule has 18 heavy (non-hydrogen) atoms. The van der Waals surface area contributed by atoms with E-state index in [4.69, 9.17) is 5.11 Å². The number of carbonyl (C=O) groups is 1. The SMILES string of the molecule is CCC(C=C(C)C(=O)O)N(S(C)(=O)=O)S(C)(=O)=O. The molecule has 1 N–H and O–H groups in total. The van der Waals surface area contributed by atoms with Crippen molar-refractivity contribution < 1.29 is 26.7 Å². The Kier molecular flexibility index (Phi) is 5.51. The Hall–Kier alpha value is -0.930. The van der Waals surface area contributed by atoms with Crippen molar-refractivity contribution >= 4 is 26.0 Å². The number of nitrogens with zero attached hydrogens (tertiary/aromatic N) is 1. The van der Waals surface area contributed by atoms with Gasteiger partial charge in [-0.05, 0) is 13.3 Å². The fraction of sp³-hybridized carbons (Fsp3) is 0.667. The lowest BCUT2D eigenvalue weighted by Gasteiger charge is -2.24. The lowest BCUT2D eigenvalue weighted by Crippen LogP contribution is -2.42. The molecule has 0 heterocycles. The largest absolute Gasteiger partial charge is 0.478 e. The second-order valence-electron chi connectivity index (χ2n) is 3.88. The van der Waals surface area contributed by atoms with E-state index in [0.29, 0.717) is 3.71 Å². The first-order valence-electron chi connectivity index (χ1n) is 5.02. The highest BCUT2D eigenvalue weighted by molar-refractivity contribution is 8.03. The van der Waals surface area contributed by atoms with E-state index in [1.165, 1.54) is 6.92 Å². The van der Waals surface area contributed by atoms with Gasteiger partial charge in [0.25, 0.3) is 0 Å². The van der Waals surface area contributed by atoms with Crippen LogP contribution in [0, 0.1) is 0 Å². The molecule has 0 aliphatic carbocycles. The molecule has 106 valence electrons. The Morgan fingerprint density at radius 3 is 1.83 bits per heavy atom. The number of aliphatic carboxylic acids is 1. The second kappa shape index (κ2) is 5.81. The van der Waals surface area contributed by atoms with E-state index in [2.05, 4.69) is 0 Å². The zero-order valence-corrected chi connectivity index (χ0v) is 12.2. The molecule has 0 aliphatic rings. The Balaban J connectivity index is 5.76. The van der Waals surface area contributed by atoms with Gasteiger partial charge in [0, 0.05) is 5.57 Å². The smallest absolute Gasteiger partial charge is 0.331 e. The predicted molar refractivity (Wildman–Crippen MR) is 67.0 cm³/mol. The van der Waals surface area contributed by atoms with Gasteiger partial charge in [0.15, 0.2) is 0 Å². The molecule has 0 amide bonds. The number of hydrogen-bond donors (Lipinski definition) is 1. The zero-order chi connectivity index (χ0) is 14.7. The number of carboxylic acid groups (broad SMARTS) is 1. The second-order valence-corrected chi connectivity index (χ2v) is 7.83. The summed E-state index contributed by atoms with van der Waals surface area (Å²) >= 11 is 0. The minimum Gasteiger partial charge on any atom is -0.478 e. The lowest BCUT2D eigenvalue weighted by molar-refractivity contribution is -0.132. The summed E-state index contributed by atoms with van der Waals surface area (Å²) in [6.07, 6.45) is 2.79. The molecule has 0 fully saturated rings. The molecule has 0 saturated heterocycles. The third kappa shape index (κ3) is 4.75. The number of sulfonamides is 2. The van der Waals surface area contributed by atoms with Gasteiger partial charge in [-0.3, -0.25) is 0 Å². The quantitative estimate of drug-likeness (QED) is 0.692. The molecule has 0 aromatic rings. The van der Waals surface area contributed by atoms with Gasteiger partial charge in [0.2, 0.25) is 20.0 Å². The van der Waals surface area contributed by atoms with Crippen LogP contribution in [-0.2, 0) is 24.8 Å². The molecule has 0 radical (unpaired) electrons. The Labute approximate surface area is 107 Å². The van der Waals surface area contributed by atoms with Crippen LogP contribution in [-0.4, -0.2) is 50.2 Å². The summed E-state index contributed by atoms with van der Waals surface area (Å²) in [6, 6.07) is -1.04. The van der Waals surface area contributed by atoms with Crippen LogP contribution in [0.1, 0.15) is 20.3 Å². The van der Waals surface area contributed by atoms with Crippen LogP contribution in [0.15, 0.2) is 11.6 Å². The molecule has 1 unspecified atom stereocenters. The van der Waals surface area contributed by atoms with Gasteiger partial charge in [-0.1, -0.05) is 16.7 Å². The molecule has 7 nitrogen and oxygen atoms in total. The standard InChI is InChI=1S/C9H17NO6S2/c1-5-8(6-7(2)9(11)12)10(17(3,13)14)18(4,15)16/h6,8H,5H2,1-4H3,(H,11,12). The van der Waals surface area contributed by atoms with Crippen LogP contribution >= 0.6 is 0 Å². The normalized spacial score (nSPS) is 15.7. The van der Waals surface area contributed by atoms with Gasteiger partial charge in [-0.15, -0.1) is 0 Å². The number of hydrogen-bond acceptors (Lipinski definition) is 5. The molecule has 0 saturated carbocycles. The molecule has 9 heteroatoms. The van der Waals surface area contributed by atoms with E-state index in [1.54, 1.807) is 6.92 Å². The fourth-order valence-electron chi connectivity index (χ4n) is 1.43. The van der Waals surface area contributed by atoms with Crippen LogP contribution in [0.5, 0.6) is 0 Å². The molecular formula is C9H17NO6S2. The van der Waals surface area contributed by atoms with Gasteiger partial charge >= 0.3 is 5.97 Å². The first kappa shape index (κ1) is 17.1. The van der Waals surface area contributed by atoms with Gasteiger partial charge in [-0.25, -0.2) is 21.6 Å². The molecule has 0 spiro atoms. The van der Waals surface area contributed by atoms with Crippen LogP contribution in [0.2, 0.25) is 0 Å².